The highest BCUT2D eigenvalue weighted by atomic mass is 32.2. The molecule has 1 aliphatic rings. The lowest BCUT2D eigenvalue weighted by Gasteiger charge is -2.13. The Kier molecular flexibility index (Phi) is 4.82. The second-order valence-electron chi connectivity index (χ2n) is 5.19. The molecule has 1 fully saturated rings. The van der Waals surface area contributed by atoms with Crippen molar-refractivity contribution in [3.8, 4) is 0 Å². The molecule has 1 amide bonds. The molecule has 7 heteroatoms. The third-order valence-electron chi connectivity index (χ3n) is 3.43. The van der Waals surface area contributed by atoms with Crippen molar-refractivity contribution < 1.29 is 13.2 Å². The first-order valence-corrected chi connectivity index (χ1v) is 9.01. The molecule has 1 aliphatic heterocycles. The number of carbonyl (C=O) groups excluding carboxylic acids is 1. The lowest BCUT2D eigenvalue weighted by Crippen LogP contribution is -2.35. The smallest absolute Gasteiger partial charge is 0.251 e. The highest BCUT2D eigenvalue weighted by Gasteiger charge is 2.29. The monoisotopic (exact) mass is 311 g/mol. The van der Waals surface area contributed by atoms with Gasteiger partial charge in [0, 0.05) is 23.8 Å². The van der Waals surface area contributed by atoms with Crippen molar-refractivity contribution in [1.29, 1.82) is 0 Å². The molecular formula is C14H21N3O3S. The summed E-state index contributed by atoms with van der Waals surface area (Å²) in [6.07, 6.45) is 1.22. The number of amides is 1. The molecule has 1 saturated heterocycles. The van der Waals surface area contributed by atoms with E-state index >= 15 is 0 Å². The number of hydrogen-bond donors (Lipinski definition) is 2. The zero-order chi connectivity index (χ0) is 15.5. The predicted molar refractivity (Wildman–Crippen MR) is 82.3 cm³/mol. The maximum absolute atomic E-state index is 12.3. The van der Waals surface area contributed by atoms with E-state index in [0.29, 0.717) is 17.8 Å². The van der Waals surface area contributed by atoms with Gasteiger partial charge >= 0.3 is 0 Å². The largest absolute Gasteiger partial charge is 0.370 e. The second-order valence-corrected chi connectivity index (χ2v) is 7.42. The highest BCUT2D eigenvalue weighted by Crippen LogP contribution is 2.14. The van der Waals surface area contributed by atoms with Crippen LogP contribution in [0, 0.1) is 0 Å². The predicted octanol–water partition coefficient (Wildman–Crippen LogP) is 0.993. The summed E-state index contributed by atoms with van der Waals surface area (Å²) in [5, 5.41) is 5.89. The van der Waals surface area contributed by atoms with Gasteiger partial charge in [0.1, 0.15) is 5.82 Å². The Labute approximate surface area is 125 Å². The topological polar surface area (TPSA) is 88.2 Å². The van der Waals surface area contributed by atoms with Gasteiger partial charge in [-0.3, -0.25) is 4.79 Å². The molecule has 116 valence electrons. The van der Waals surface area contributed by atoms with E-state index in [9.17, 15) is 13.2 Å². The molecule has 0 aliphatic carbocycles. The molecule has 2 N–H and O–H groups in total. The summed E-state index contributed by atoms with van der Waals surface area (Å²) in [6.45, 7) is 4.66. The third-order valence-corrected chi connectivity index (χ3v) is 5.20. The van der Waals surface area contributed by atoms with Gasteiger partial charge in [-0.05, 0) is 31.9 Å². The number of aryl methyl sites for hydroxylation is 1. The van der Waals surface area contributed by atoms with Crippen LogP contribution in [0.4, 0.5) is 5.82 Å². The molecule has 0 aromatic carbocycles. The number of nitrogens with zero attached hydrogens (tertiary/aromatic N) is 1. The van der Waals surface area contributed by atoms with Gasteiger partial charge in [0.05, 0.1) is 11.5 Å². The van der Waals surface area contributed by atoms with E-state index in [1.54, 1.807) is 12.1 Å². The van der Waals surface area contributed by atoms with Crippen molar-refractivity contribution in [3.05, 3.63) is 23.4 Å². The molecule has 0 bridgehead atoms. The fourth-order valence-electron chi connectivity index (χ4n) is 2.35. The Morgan fingerprint density at radius 2 is 2.14 bits per heavy atom. The fourth-order valence-corrected chi connectivity index (χ4v) is 4.02. The van der Waals surface area contributed by atoms with Gasteiger partial charge in [-0.2, -0.15) is 0 Å². The first-order chi connectivity index (χ1) is 9.93. The quantitative estimate of drug-likeness (QED) is 0.847. The number of nitrogens with one attached hydrogen (secondary N) is 2. The summed E-state index contributed by atoms with van der Waals surface area (Å²) in [4.78, 5) is 16.7. The molecule has 1 unspecified atom stereocenters. The van der Waals surface area contributed by atoms with E-state index in [2.05, 4.69) is 15.6 Å². The average molecular weight is 311 g/mol. The van der Waals surface area contributed by atoms with Crippen LogP contribution in [0.5, 0.6) is 0 Å². The van der Waals surface area contributed by atoms with Gasteiger partial charge < -0.3 is 10.6 Å². The van der Waals surface area contributed by atoms with E-state index in [-0.39, 0.29) is 23.5 Å². The SMILES string of the molecule is CCNc1cc(C(=O)NC2CCS(=O)(=O)C2)cc(CC)n1. The van der Waals surface area contributed by atoms with Crippen LogP contribution in [-0.4, -0.2) is 43.4 Å². The lowest BCUT2D eigenvalue weighted by atomic mass is 10.1. The minimum atomic E-state index is -2.99. The zero-order valence-electron chi connectivity index (χ0n) is 12.3. The van der Waals surface area contributed by atoms with Crippen molar-refractivity contribution >= 4 is 21.6 Å². The summed E-state index contributed by atoms with van der Waals surface area (Å²) >= 11 is 0. The minimum absolute atomic E-state index is 0.0323. The van der Waals surface area contributed by atoms with Crippen LogP contribution in [-0.2, 0) is 16.3 Å². The second kappa shape index (κ2) is 6.43. The number of rotatable bonds is 5. The average Bonchev–Trinajstić information content (AvgIpc) is 2.77. The summed E-state index contributed by atoms with van der Waals surface area (Å²) in [7, 11) is -2.99. The number of carbonyl (C=O) groups is 1. The summed E-state index contributed by atoms with van der Waals surface area (Å²) in [5.41, 5.74) is 1.35. The van der Waals surface area contributed by atoms with Crippen LogP contribution in [0.25, 0.3) is 0 Å². The van der Waals surface area contributed by atoms with Crippen molar-refractivity contribution in [2.75, 3.05) is 23.4 Å². The van der Waals surface area contributed by atoms with Crippen molar-refractivity contribution in [2.45, 2.75) is 32.7 Å². The van der Waals surface area contributed by atoms with Crippen molar-refractivity contribution in [2.24, 2.45) is 0 Å². The van der Waals surface area contributed by atoms with Gasteiger partial charge in [0.2, 0.25) is 0 Å². The van der Waals surface area contributed by atoms with Crippen LogP contribution >= 0.6 is 0 Å². The molecular weight excluding hydrogens is 290 g/mol. The molecule has 1 aromatic rings. The van der Waals surface area contributed by atoms with Crippen LogP contribution in [0.1, 0.15) is 36.3 Å². The van der Waals surface area contributed by atoms with Crippen LogP contribution in [0.15, 0.2) is 12.1 Å². The Hall–Kier alpha value is -1.63. The molecule has 1 aromatic heterocycles. The van der Waals surface area contributed by atoms with E-state index < -0.39 is 9.84 Å². The number of aromatic nitrogens is 1. The number of pyridine rings is 1. The first-order valence-electron chi connectivity index (χ1n) is 7.19. The van der Waals surface area contributed by atoms with Crippen LogP contribution in [0.2, 0.25) is 0 Å². The molecule has 2 heterocycles. The number of hydrogen-bond acceptors (Lipinski definition) is 5. The van der Waals surface area contributed by atoms with Gasteiger partial charge in [-0.15, -0.1) is 0 Å². The summed E-state index contributed by atoms with van der Waals surface area (Å²) in [5.74, 6) is 0.608. The first kappa shape index (κ1) is 15.8. The number of anilines is 1. The lowest BCUT2D eigenvalue weighted by molar-refractivity contribution is 0.0941. The van der Waals surface area contributed by atoms with E-state index in [0.717, 1.165) is 18.7 Å². The highest BCUT2D eigenvalue weighted by molar-refractivity contribution is 7.91. The Bertz CT molecular complexity index is 628. The van der Waals surface area contributed by atoms with Gasteiger partial charge in [-0.25, -0.2) is 13.4 Å². The third kappa shape index (κ3) is 4.17. The maximum Gasteiger partial charge on any atom is 0.251 e. The molecule has 21 heavy (non-hydrogen) atoms. The van der Waals surface area contributed by atoms with Gasteiger partial charge in [-0.1, -0.05) is 6.92 Å². The van der Waals surface area contributed by atoms with Crippen LogP contribution in [0.3, 0.4) is 0 Å². The van der Waals surface area contributed by atoms with E-state index in [1.165, 1.54) is 0 Å². The zero-order valence-corrected chi connectivity index (χ0v) is 13.2. The summed E-state index contributed by atoms with van der Waals surface area (Å²) in [6, 6.07) is 3.16. The molecule has 0 spiro atoms. The molecule has 0 saturated carbocycles. The Morgan fingerprint density at radius 1 is 1.38 bits per heavy atom. The Balaban J connectivity index is 2.13. The normalized spacial score (nSPS) is 20.2. The van der Waals surface area contributed by atoms with E-state index in [1.807, 2.05) is 13.8 Å². The molecule has 0 radical (unpaired) electrons. The molecule has 6 nitrogen and oxygen atoms in total. The summed E-state index contributed by atoms with van der Waals surface area (Å²) < 4.78 is 22.9. The number of sulfone groups is 1. The maximum atomic E-state index is 12.3. The fraction of sp³-hybridized carbons (Fsp3) is 0.571. The molecule has 2 rings (SSSR count). The standard InChI is InChI=1S/C14H21N3O3S/c1-3-11-7-10(8-13(16-11)15-4-2)14(18)17-12-5-6-21(19,20)9-12/h7-8,12H,3-6,9H2,1-2H3,(H,15,16)(H,17,18). The molecule has 1 atom stereocenters. The Morgan fingerprint density at radius 3 is 2.71 bits per heavy atom. The minimum Gasteiger partial charge on any atom is -0.370 e. The van der Waals surface area contributed by atoms with Gasteiger partial charge in [0.15, 0.2) is 9.84 Å². The van der Waals surface area contributed by atoms with Gasteiger partial charge in [0.25, 0.3) is 5.91 Å². The van der Waals surface area contributed by atoms with E-state index in [4.69, 9.17) is 0 Å². The van der Waals surface area contributed by atoms with Crippen LogP contribution < -0.4 is 10.6 Å². The van der Waals surface area contributed by atoms with Crippen molar-refractivity contribution in [1.82, 2.24) is 10.3 Å². The van der Waals surface area contributed by atoms with Crippen molar-refractivity contribution in [3.63, 3.8) is 0 Å².